The highest BCUT2D eigenvalue weighted by molar-refractivity contribution is 7.89. The number of alkyl halides is 3. The van der Waals surface area contributed by atoms with Gasteiger partial charge in [0.05, 0.1) is 18.8 Å². The molecule has 0 spiro atoms. The third kappa shape index (κ3) is 4.84. The van der Waals surface area contributed by atoms with Crippen LogP contribution in [0.15, 0.2) is 29.2 Å². The second-order valence-electron chi connectivity index (χ2n) is 4.48. The molecule has 1 aromatic rings. The molecule has 6 nitrogen and oxygen atoms in total. The molecule has 0 saturated carbocycles. The molecule has 21 heavy (non-hydrogen) atoms. The first-order valence-electron chi connectivity index (χ1n) is 5.63. The van der Waals surface area contributed by atoms with Gasteiger partial charge in [-0.15, -0.1) is 13.2 Å². The van der Waals surface area contributed by atoms with Crippen molar-refractivity contribution in [3.05, 3.63) is 24.3 Å². The van der Waals surface area contributed by atoms with E-state index in [-0.39, 0.29) is 0 Å². The number of benzene rings is 1. The Bertz CT molecular complexity index is 584. The highest BCUT2D eigenvalue weighted by Gasteiger charge is 2.36. The van der Waals surface area contributed by atoms with Gasteiger partial charge in [0.1, 0.15) is 10.6 Å². The number of nitrogens with one attached hydrogen (secondary N) is 1. The van der Waals surface area contributed by atoms with Crippen molar-refractivity contribution in [3.63, 3.8) is 0 Å². The fourth-order valence-corrected chi connectivity index (χ4v) is 2.90. The largest absolute Gasteiger partial charge is 0.573 e. The van der Waals surface area contributed by atoms with Crippen LogP contribution in [0.2, 0.25) is 0 Å². The number of halogens is 3. The van der Waals surface area contributed by atoms with Gasteiger partial charge in [-0.3, -0.25) is 0 Å². The molecule has 0 radical (unpaired) electrons. The van der Waals surface area contributed by atoms with Gasteiger partial charge in [0.25, 0.3) is 0 Å². The summed E-state index contributed by atoms with van der Waals surface area (Å²) in [5, 5.41) is 18.1. The van der Waals surface area contributed by atoms with Gasteiger partial charge in [-0.1, -0.05) is 12.1 Å². The number of aliphatic hydroxyl groups excluding tert-OH is 2. The highest BCUT2D eigenvalue weighted by Crippen LogP contribution is 2.29. The second-order valence-corrected chi connectivity index (χ2v) is 6.13. The van der Waals surface area contributed by atoms with Crippen LogP contribution in [0.3, 0.4) is 0 Å². The van der Waals surface area contributed by atoms with Crippen LogP contribution in [-0.4, -0.2) is 43.7 Å². The number of rotatable bonds is 6. The number of aliphatic hydroxyl groups is 2. The fourth-order valence-electron chi connectivity index (χ4n) is 1.38. The molecule has 120 valence electrons. The molecule has 0 amide bonds. The maximum absolute atomic E-state index is 12.3. The molecule has 10 heteroatoms. The topological polar surface area (TPSA) is 95.9 Å². The number of hydrogen-bond donors (Lipinski definition) is 3. The minimum Gasteiger partial charge on any atom is -0.404 e. The molecule has 0 heterocycles. The molecular formula is C11H14F3NO5S. The molecule has 0 saturated heterocycles. The van der Waals surface area contributed by atoms with Crippen LogP contribution in [0.5, 0.6) is 5.75 Å². The number of sulfonamides is 1. The Labute approximate surface area is 119 Å². The first kappa shape index (κ1) is 17.7. The van der Waals surface area contributed by atoms with Crippen LogP contribution in [0.25, 0.3) is 0 Å². The standard InChI is InChI=1S/C11H14F3NO5S/c1-10(6-16,7-17)15-21(18,19)9-5-3-2-4-8(9)20-11(12,13)14/h2-5,15-17H,6-7H2,1H3. The van der Waals surface area contributed by atoms with Crippen molar-refractivity contribution in [2.24, 2.45) is 0 Å². The van der Waals surface area contributed by atoms with Crippen LogP contribution < -0.4 is 9.46 Å². The Balaban J connectivity index is 3.21. The van der Waals surface area contributed by atoms with Crippen LogP contribution in [0.4, 0.5) is 13.2 Å². The van der Waals surface area contributed by atoms with Crippen molar-refractivity contribution in [3.8, 4) is 5.75 Å². The fraction of sp³-hybridized carbons (Fsp3) is 0.455. The number of ether oxygens (including phenoxy) is 1. The van der Waals surface area contributed by atoms with Crippen molar-refractivity contribution in [2.45, 2.75) is 23.7 Å². The lowest BCUT2D eigenvalue weighted by molar-refractivity contribution is -0.275. The van der Waals surface area contributed by atoms with E-state index in [1.54, 1.807) is 0 Å². The summed E-state index contributed by atoms with van der Waals surface area (Å²) >= 11 is 0. The summed E-state index contributed by atoms with van der Waals surface area (Å²) < 4.78 is 66.6. The van der Waals surface area contributed by atoms with Gasteiger partial charge in [0.15, 0.2) is 0 Å². The Morgan fingerprint density at radius 2 is 1.71 bits per heavy atom. The first-order valence-corrected chi connectivity index (χ1v) is 7.12. The van der Waals surface area contributed by atoms with E-state index in [0.29, 0.717) is 0 Å². The molecule has 0 aliphatic carbocycles. The van der Waals surface area contributed by atoms with Gasteiger partial charge >= 0.3 is 6.36 Å². The molecule has 0 atom stereocenters. The average molecular weight is 329 g/mol. The molecule has 0 aromatic heterocycles. The smallest absolute Gasteiger partial charge is 0.404 e. The van der Waals surface area contributed by atoms with Crippen molar-refractivity contribution >= 4 is 10.0 Å². The molecular weight excluding hydrogens is 315 g/mol. The van der Waals surface area contributed by atoms with E-state index in [1.165, 1.54) is 19.1 Å². The quantitative estimate of drug-likeness (QED) is 0.710. The minimum atomic E-state index is -5.05. The summed E-state index contributed by atoms with van der Waals surface area (Å²) in [6, 6.07) is 4.15. The zero-order chi connectivity index (χ0) is 16.3. The van der Waals surface area contributed by atoms with E-state index in [4.69, 9.17) is 10.2 Å². The summed E-state index contributed by atoms with van der Waals surface area (Å²) in [6.45, 7) is -0.298. The lowest BCUT2D eigenvalue weighted by atomic mass is 10.1. The summed E-state index contributed by atoms with van der Waals surface area (Å²) in [5.74, 6) is -0.907. The lowest BCUT2D eigenvalue weighted by Gasteiger charge is -2.26. The van der Waals surface area contributed by atoms with Crippen LogP contribution in [0, 0.1) is 0 Å². The summed E-state index contributed by atoms with van der Waals surface area (Å²) in [5.41, 5.74) is -1.62. The van der Waals surface area contributed by atoms with Crippen LogP contribution >= 0.6 is 0 Å². The first-order chi connectivity index (χ1) is 9.53. The van der Waals surface area contributed by atoms with E-state index in [1.807, 2.05) is 4.72 Å². The third-order valence-corrected chi connectivity index (χ3v) is 4.12. The Morgan fingerprint density at radius 3 is 2.19 bits per heavy atom. The van der Waals surface area contributed by atoms with Crippen molar-refractivity contribution in [1.29, 1.82) is 0 Å². The van der Waals surface area contributed by atoms with E-state index < -0.39 is 45.8 Å². The zero-order valence-corrected chi connectivity index (χ0v) is 11.7. The third-order valence-electron chi connectivity index (χ3n) is 2.44. The molecule has 3 N–H and O–H groups in total. The molecule has 1 rings (SSSR count). The van der Waals surface area contributed by atoms with Gasteiger partial charge in [0.2, 0.25) is 10.0 Å². The molecule has 1 aromatic carbocycles. The molecule has 0 fully saturated rings. The highest BCUT2D eigenvalue weighted by atomic mass is 32.2. The normalized spacial score (nSPS) is 13.2. The predicted octanol–water partition coefficient (Wildman–Crippen LogP) is 0.607. The molecule has 0 aliphatic heterocycles. The molecule has 0 unspecified atom stereocenters. The van der Waals surface area contributed by atoms with Crippen LogP contribution in [-0.2, 0) is 10.0 Å². The summed E-state index contributed by atoms with van der Waals surface area (Å²) in [6.07, 6.45) is -5.05. The van der Waals surface area contributed by atoms with Crippen LogP contribution in [0.1, 0.15) is 6.92 Å². The van der Waals surface area contributed by atoms with Crippen molar-refractivity contribution in [1.82, 2.24) is 4.72 Å². The summed E-state index contributed by atoms with van der Waals surface area (Å²) in [7, 11) is -4.44. The van der Waals surface area contributed by atoms with Gasteiger partial charge in [-0.2, -0.15) is 0 Å². The Kier molecular flexibility index (Phi) is 5.20. The predicted molar refractivity (Wildman–Crippen MR) is 66.0 cm³/mol. The SMILES string of the molecule is CC(CO)(CO)NS(=O)(=O)c1ccccc1OC(F)(F)F. The maximum atomic E-state index is 12.3. The van der Waals surface area contributed by atoms with E-state index in [0.717, 1.165) is 12.1 Å². The molecule has 0 aliphatic rings. The number of hydrogen-bond acceptors (Lipinski definition) is 5. The Morgan fingerprint density at radius 1 is 1.19 bits per heavy atom. The minimum absolute atomic E-state index is 0.745. The van der Waals surface area contributed by atoms with Gasteiger partial charge < -0.3 is 14.9 Å². The maximum Gasteiger partial charge on any atom is 0.573 e. The van der Waals surface area contributed by atoms with E-state index >= 15 is 0 Å². The average Bonchev–Trinajstić information content (AvgIpc) is 2.36. The van der Waals surface area contributed by atoms with Crippen molar-refractivity contribution in [2.75, 3.05) is 13.2 Å². The summed E-state index contributed by atoms with van der Waals surface area (Å²) in [4.78, 5) is -0.754. The monoisotopic (exact) mass is 329 g/mol. The Hall–Kier alpha value is -1.36. The van der Waals surface area contributed by atoms with E-state index in [9.17, 15) is 21.6 Å². The van der Waals surface area contributed by atoms with E-state index in [2.05, 4.69) is 4.74 Å². The lowest BCUT2D eigenvalue weighted by Crippen LogP contribution is -2.51. The van der Waals surface area contributed by atoms with Crippen molar-refractivity contribution < 1.29 is 36.5 Å². The van der Waals surface area contributed by atoms with Gasteiger partial charge in [0, 0.05) is 0 Å². The zero-order valence-electron chi connectivity index (χ0n) is 10.9. The van der Waals surface area contributed by atoms with Gasteiger partial charge in [-0.25, -0.2) is 13.1 Å². The van der Waals surface area contributed by atoms with Gasteiger partial charge in [-0.05, 0) is 19.1 Å². The second kappa shape index (κ2) is 6.18. The number of para-hydroxylation sites is 1. The molecule has 0 bridgehead atoms.